The van der Waals surface area contributed by atoms with Crippen LogP contribution in [0.3, 0.4) is 0 Å². The number of carbonyl (C=O) groups is 1. The highest BCUT2D eigenvalue weighted by Crippen LogP contribution is 2.22. The van der Waals surface area contributed by atoms with Gasteiger partial charge in [-0.25, -0.2) is 4.79 Å². The number of carbonyl (C=O) groups excluding carboxylic acids is 1. The van der Waals surface area contributed by atoms with Crippen molar-refractivity contribution < 1.29 is 9.53 Å². The average Bonchev–Trinajstić information content (AvgIpc) is 2.79. The Kier molecular flexibility index (Phi) is 8.32. The molecule has 0 aliphatic heterocycles. The van der Waals surface area contributed by atoms with Gasteiger partial charge in [-0.05, 0) is 73.2 Å². The number of aryl methyl sites for hydroxylation is 3. The largest absolute Gasteiger partial charge is 0.494 e. The standard InChI is InChI=1S/C28H34N2O2/c1-5-6-16-32-26-14-12-25(13-15-26)20-30(19-24-10-8-7-9-11-24)28(31)29-27-18-22(3)21(2)17-23(27)4/h7-15,17-18H,5-6,16,19-20H2,1-4H3,(H,29,31). The number of anilines is 1. The summed E-state index contributed by atoms with van der Waals surface area (Å²) in [6, 6.07) is 22.2. The van der Waals surface area contributed by atoms with Crippen molar-refractivity contribution in [3.8, 4) is 5.75 Å². The molecule has 32 heavy (non-hydrogen) atoms. The number of unbranched alkanes of at least 4 members (excludes halogenated alkanes) is 1. The monoisotopic (exact) mass is 430 g/mol. The molecule has 0 saturated carbocycles. The normalized spacial score (nSPS) is 10.6. The Hall–Kier alpha value is -3.27. The summed E-state index contributed by atoms with van der Waals surface area (Å²) in [7, 11) is 0. The Morgan fingerprint density at radius 1 is 0.844 bits per heavy atom. The lowest BCUT2D eigenvalue weighted by molar-refractivity contribution is 0.206. The molecule has 0 aromatic heterocycles. The van der Waals surface area contributed by atoms with E-state index in [2.05, 4.69) is 32.2 Å². The molecule has 4 heteroatoms. The van der Waals surface area contributed by atoms with Gasteiger partial charge in [0.1, 0.15) is 5.75 Å². The lowest BCUT2D eigenvalue weighted by Gasteiger charge is -2.24. The fourth-order valence-electron chi connectivity index (χ4n) is 3.54. The lowest BCUT2D eigenvalue weighted by atomic mass is 10.1. The molecule has 0 atom stereocenters. The molecule has 1 N–H and O–H groups in total. The van der Waals surface area contributed by atoms with Crippen LogP contribution in [0.25, 0.3) is 0 Å². The zero-order chi connectivity index (χ0) is 22.9. The van der Waals surface area contributed by atoms with Crippen LogP contribution in [0.4, 0.5) is 10.5 Å². The smallest absolute Gasteiger partial charge is 0.322 e. The maximum Gasteiger partial charge on any atom is 0.322 e. The van der Waals surface area contributed by atoms with E-state index in [1.165, 1.54) is 11.1 Å². The fourth-order valence-corrected chi connectivity index (χ4v) is 3.54. The minimum absolute atomic E-state index is 0.108. The van der Waals surface area contributed by atoms with Gasteiger partial charge in [0.25, 0.3) is 0 Å². The fraction of sp³-hybridized carbons (Fsp3) is 0.321. The molecular formula is C28H34N2O2. The lowest BCUT2D eigenvalue weighted by Crippen LogP contribution is -2.34. The average molecular weight is 431 g/mol. The minimum atomic E-state index is -0.108. The molecule has 0 spiro atoms. The molecule has 0 heterocycles. The molecule has 0 fully saturated rings. The van der Waals surface area contributed by atoms with E-state index in [0.29, 0.717) is 13.1 Å². The van der Waals surface area contributed by atoms with E-state index in [9.17, 15) is 4.79 Å². The molecule has 0 radical (unpaired) electrons. The van der Waals surface area contributed by atoms with Crippen molar-refractivity contribution >= 4 is 11.7 Å². The van der Waals surface area contributed by atoms with Crippen molar-refractivity contribution in [3.05, 3.63) is 94.5 Å². The predicted octanol–water partition coefficient (Wildman–Crippen LogP) is 7.03. The molecule has 0 bridgehead atoms. The van der Waals surface area contributed by atoms with Crippen LogP contribution in [-0.2, 0) is 13.1 Å². The molecule has 3 rings (SSSR count). The molecule has 0 aliphatic rings. The molecular weight excluding hydrogens is 396 g/mol. The third kappa shape index (κ3) is 6.61. The van der Waals surface area contributed by atoms with Gasteiger partial charge >= 0.3 is 6.03 Å². The number of rotatable bonds is 9. The number of urea groups is 1. The first kappa shape index (κ1) is 23.4. The predicted molar refractivity (Wildman–Crippen MR) is 132 cm³/mol. The Morgan fingerprint density at radius 2 is 1.47 bits per heavy atom. The van der Waals surface area contributed by atoms with Gasteiger partial charge in [0.05, 0.1) is 6.61 Å². The molecule has 0 aliphatic carbocycles. The van der Waals surface area contributed by atoms with Gasteiger partial charge in [0, 0.05) is 18.8 Å². The van der Waals surface area contributed by atoms with Gasteiger partial charge in [0.2, 0.25) is 0 Å². The number of hydrogen-bond donors (Lipinski definition) is 1. The van der Waals surface area contributed by atoms with Gasteiger partial charge in [-0.15, -0.1) is 0 Å². The minimum Gasteiger partial charge on any atom is -0.494 e. The summed E-state index contributed by atoms with van der Waals surface area (Å²) in [6.07, 6.45) is 2.16. The van der Waals surface area contributed by atoms with Crippen LogP contribution in [0.15, 0.2) is 66.7 Å². The Balaban J connectivity index is 1.76. The Labute approximate surface area is 192 Å². The molecule has 4 nitrogen and oxygen atoms in total. The number of hydrogen-bond acceptors (Lipinski definition) is 2. The van der Waals surface area contributed by atoms with Gasteiger partial charge in [-0.2, -0.15) is 0 Å². The second-order valence-electron chi connectivity index (χ2n) is 8.37. The second kappa shape index (κ2) is 11.4. The summed E-state index contributed by atoms with van der Waals surface area (Å²) in [4.78, 5) is 15.1. The van der Waals surface area contributed by atoms with Crippen molar-refractivity contribution in [1.29, 1.82) is 0 Å². The maximum absolute atomic E-state index is 13.3. The summed E-state index contributed by atoms with van der Waals surface area (Å²) in [6.45, 7) is 10.1. The summed E-state index contributed by atoms with van der Waals surface area (Å²) >= 11 is 0. The quantitative estimate of drug-likeness (QED) is 0.370. The van der Waals surface area contributed by atoms with Crippen LogP contribution in [0, 0.1) is 20.8 Å². The molecule has 0 saturated heterocycles. The Morgan fingerprint density at radius 3 is 2.12 bits per heavy atom. The third-order valence-electron chi connectivity index (χ3n) is 5.65. The topological polar surface area (TPSA) is 41.6 Å². The number of nitrogens with zero attached hydrogens (tertiary/aromatic N) is 1. The van der Waals surface area contributed by atoms with Crippen molar-refractivity contribution in [2.45, 2.75) is 53.6 Å². The van der Waals surface area contributed by atoms with Crippen LogP contribution in [0.2, 0.25) is 0 Å². The summed E-state index contributed by atoms with van der Waals surface area (Å²) in [5, 5.41) is 3.13. The van der Waals surface area contributed by atoms with Gasteiger partial charge in [-0.3, -0.25) is 0 Å². The van der Waals surface area contributed by atoms with Crippen molar-refractivity contribution in [3.63, 3.8) is 0 Å². The summed E-state index contributed by atoms with van der Waals surface area (Å²) in [5.74, 6) is 0.868. The summed E-state index contributed by atoms with van der Waals surface area (Å²) in [5.41, 5.74) is 6.47. The molecule has 3 aromatic rings. The van der Waals surface area contributed by atoms with Crippen molar-refractivity contribution in [1.82, 2.24) is 4.90 Å². The number of amides is 2. The highest BCUT2D eigenvalue weighted by Gasteiger charge is 2.16. The van der Waals surface area contributed by atoms with Crippen LogP contribution in [-0.4, -0.2) is 17.5 Å². The number of benzene rings is 3. The van der Waals surface area contributed by atoms with E-state index in [-0.39, 0.29) is 6.03 Å². The first-order valence-corrected chi connectivity index (χ1v) is 11.4. The second-order valence-corrected chi connectivity index (χ2v) is 8.37. The maximum atomic E-state index is 13.3. The van der Waals surface area contributed by atoms with Gasteiger partial charge in [0.15, 0.2) is 0 Å². The van der Waals surface area contributed by atoms with Crippen molar-refractivity contribution in [2.24, 2.45) is 0 Å². The van der Waals surface area contributed by atoms with Crippen LogP contribution < -0.4 is 10.1 Å². The zero-order valence-electron chi connectivity index (χ0n) is 19.7. The highest BCUT2D eigenvalue weighted by molar-refractivity contribution is 5.90. The van der Waals surface area contributed by atoms with E-state index < -0.39 is 0 Å². The van der Waals surface area contributed by atoms with Gasteiger partial charge < -0.3 is 15.0 Å². The van der Waals surface area contributed by atoms with Crippen LogP contribution in [0.5, 0.6) is 5.75 Å². The number of ether oxygens (including phenoxy) is 1. The molecule has 168 valence electrons. The first-order chi connectivity index (χ1) is 15.5. The Bertz CT molecular complexity index is 1010. The van der Waals surface area contributed by atoms with Gasteiger partial charge in [-0.1, -0.05) is 61.9 Å². The van der Waals surface area contributed by atoms with E-state index in [1.54, 1.807) is 0 Å². The molecule has 0 unspecified atom stereocenters. The van der Waals surface area contributed by atoms with Crippen LogP contribution >= 0.6 is 0 Å². The zero-order valence-corrected chi connectivity index (χ0v) is 19.7. The summed E-state index contributed by atoms with van der Waals surface area (Å²) < 4.78 is 5.77. The number of nitrogens with one attached hydrogen (secondary N) is 1. The van der Waals surface area contributed by atoms with E-state index in [1.807, 2.05) is 72.5 Å². The van der Waals surface area contributed by atoms with E-state index in [4.69, 9.17) is 4.74 Å². The van der Waals surface area contributed by atoms with E-state index in [0.717, 1.165) is 47.6 Å². The first-order valence-electron chi connectivity index (χ1n) is 11.4. The molecule has 2 amide bonds. The van der Waals surface area contributed by atoms with Crippen molar-refractivity contribution in [2.75, 3.05) is 11.9 Å². The third-order valence-corrected chi connectivity index (χ3v) is 5.65. The van der Waals surface area contributed by atoms with Crippen LogP contribution in [0.1, 0.15) is 47.6 Å². The molecule has 3 aromatic carbocycles. The SMILES string of the molecule is CCCCOc1ccc(CN(Cc2ccccc2)C(=O)Nc2cc(C)c(C)cc2C)cc1. The van der Waals surface area contributed by atoms with E-state index >= 15 is 0 Å². The highest BCUT2D eigenvalue weighted by atomic mass is 16.5.